The first kappa shape index (κ1) is 23.9. The van der Waals surface area contributed by atoms with Crippen LogP contribution in [0.4, 0.5) is 36.2 Å². The van der Waals surface area contributed by atoms with Crippen LogP contribution < -0.4 is 10.6 Å². The van der Waals surface area contributed by atoms with Gasteiger partial charge < -0.3 is 10.6 Å². The van der Waals surface area contributed by atoms with Crippen LogP contribution >= 0.6 is 11.8 Å². The Kier molecular flexibility index (Phi) is 7.29. The smallest absolute Gasteiger partial charge is 0.340 e. The van der Waals surface area contributed by atoms with Crippen molar-refractivity contribution in [3.8, 4) is 0 Å². The number of hydrogen-bond acceptors (Lipinski definition) is 7. The summed E-state index contributed by atoms with van der Waals surface area (Å²) < 4.78 is 62.7. The molecule has 2 aromatic carbocycles. The Bertz CT molecular complexity index is 1180. The van der Waals surface area contributed by atoms with Crippen molar-refractivity contribution in [1.29, 1.82) is 0 Å². The van der Waals surface area contributed by atoms with Crippen LogP contribution in [0, 0.1) is 0 Å². The molecule has 0 amide bonds. The van der Waals surface area contributed by atoms with Crippen molar-refractivity contribution in [2.75, 3.05) is 22.1 Å². The first-order chi connectivity index (χ1) is 15.1. The monoisotopic (exact) mass is 482 g/mol. The van der Waals surface area contributed by atoms with Crippen molar-refractivity contribution in [2.45, 2.75) is 29.8 Å². The quantitative estimate of drug-likeness (QED) is 0.388. The third kappa shape index (κ3) is 5.92. The van der Waals surface area contributed by atoms with Gasteiger partial charge in [0.05, 0.1) is 21.9 Å². The third-order valence-electron chi connectivity index (χ3n) is 4.40. The Balaban J connectivity index is 1.84. The van der Waals surface area contributed by atoms with E-state index < -0.39 is 21.6 Å². The second-order valence-electron chi connectivity index (χ2n) is 6.61. The molecule has 0 saturated carbocycles. The van der Waals surface area contributed by atoms with E-state index in [2.05, 4.69) is 20.6 Å². The number of sulfone groups is 1. The zero-order chi connectivity index (χ0) is 23.4. The van der Waals surface area contributed by atoms with Gasteiger partial charge >= 0.3 is 6.18 Å². The van der Waals surface area contributed by atoms with Gasteiger partial charge in [0.25, 0.3) is 0 Å². The van der Waals surface area contributed by atoms with Gasteiger partial charge in [-0.2, -0.15) is 13.2 Å². The molecule has 0 spiro atoms. The molecule has 0 fully saturated rings. The molecule has 1 heterocycles. The van der Waals surface area contributed by atoms with Crippen molar-refractivity contribution < 1.29 is 21.6 Å². The number of halogens is 3. The topological polar surface area (TPSA) is 84.0 Å². The van der Waals surface area contributed by atoms with Crippen molar-refractivity contribution in [3.63, 3.8) is 0 Å². The Morgan fingerprint density at radius 2 is 1.59 bits per heavy atom. The van der Waals surface area contributed by atoms with E-state index >= 15 is 0 Å². The molecular formula is C21H21F3N4O2S2. The summed E-state index contributed by atoms with van der Waals surface area (Å²) in [4.78, 5) is 9.33. The van der Waals surface area contributed by atoms with E-state index in [0.717, 1.165) is 22.8 Å². The number of rotatable bonds is 8. The lowest BCUT2D eigenvalue weighted by molar-refractivity contribution is -0.137. The predicted octanol–water partition coefficient (Wildman–Crippen LogP) is 5.89. The molecule has 0 unspecified atom stereocenters. The molecule has 32 heavy (non-hydrogen) atoms. The van der Waals surface area contributed by atoms with Crippen molar-refractivity contribution in [1.82, 2.24) is 9.97 Å². The van der Waals surface area contributed by atoms with Crippen molar-refractivity contribution >= 4 is 44.6 Å². The second kappa shape index (κ2) is 9.78. The minimum absolute atomic E-state index is 0.0125. The maximum absolute atomic E-state index is 12.7. The maximum Gasteiger partial charge on any atom is 0.416 e. The number of anilines is 4. The summed E-state index contributed by atoms with van der Waals surface area (Å²) in [5, 5.41) is 6.06. The molecule has 170 valence electrons. The molecular weight excluding hydrogens is 461 g/mol. The summed E-state index contributed by atoms with van der Waals surface area (Å²) in [6.07, 6.45) is -3.10. The molecule has 3 aromatic rings. The van der Waals surface area contributed by atoms with E-state index in [1.54, 1.807) is 43.0 Å². The van der Waals surface area contributed by atoms with Gasteiger partial charge in [0, 0.05) is 16.6 Å². The maximum atomic E-state index is 12.7. The largest absolute Gasteiger partial charge is 0.416 e. The van der Waals surface area contributed by atoms with Crippen molar-refractivity contribution in [2.24, 2.45) is 0 Å². The Labute approximate surface area is 188 Å². The fourth-order valence-corrected chi connectivity index (χ4v) is 4.42. The molecule has 0 saturated heterocycles. The molecule has 11 heteroatoms. The molecule has 0 aliphatic heterocycles. The average Bonchev–Trinajstić information content (AvgIpc) is 2.75. The fourth-order valence-electron chi connectivity index (χ4n) is 2.77. The first-order valence-corrected chi connectivity index (χ1v) is 12.3. The summed E-state index contributed by atoms with van der Waals surface area (Å²) in [6, 6.07) is 11.1. The first-order valence-electron chi connectivity index (χ1n) is 9.65. The zero-order valence-electron chi connectivity index (χ0n) is 17.3. The van der Waals surface area contributed by atoms with Gasteiger partial charge in [0.15, 0.2) is 9.84 Å². The highest BCUT2D eigenvalue weighted by Gasteiger charge is 2.29. The number of thioether (sulfide) groups is 1. The van der Waals surface area contributed by atoms with Crippen molar-refractivity contribution in [3.05, 3.63) is 60.4 Å². The molecule has 0 aliphatic rings. The van der Waals surface area contributed by atoms with Crippen LogP contribution in [0.5, 0.6) is 0 Å². The molecule has 0 atom stereocenters. The summed E-state index contributed by atoms with van der Waals surface area (Å²) >= 11 is 1.55. The predicted molar refractivity (Wildman–Crippen MR) is 121 cm³/mol. The van der Waals surface area contributed by atoms with E-state index in [0.29, 0.717) is 23.0 Å². The van der Waals surface area contributed by atoms with E-state index in [9.17, 15) is 21.6 Å². The summed E-state index contributed by atoms with van der Waals surface area (Å²) in [5.41, 5.74) is 0.280. The van der Waals surface area contributed by atoms with E-state index in [1.807, 2.05) is 6.92 Å². The van der Waals surface area contributed by atoms with Crippen LogP contribution in [0.2, 0.25) is 0 Å². The third-order valence-corrected chi connectivity index (χ3v) is 7.09. The van der Waals surface area contributed by atoms with Gasteiger partial charge in [0.1, 0.15) is 18.0 Å². The van der Waals surface area contributed by atoms with Gasteiger partial charge in [-0.25, -0.2) is 18.4 Å². The van der Waals surface area contributed by atoms with Gasteiger partial charge in [-0.1, -0.05) is 13.8 Å². The van der Waals surface area contributed by atoms with Gasteiger partial charge in [-0.05, 0) is 48.2 Å². The highest BCUT2D eigenvalue weighted by Crippen LogP contribution is 2.33. The van der Waals surface area contributed by atoms with Crippen LogP contribution in [0.15, 0.2) is 64.6 Å². The molecule has 0 aliphatic carbocycles. The molecule has 6 nitrogen and oxygen atoms in total. The number of aromatic nitrogens is 2. The number of nitrogens with zero attached hydrogens (tertiary/aromatic N) is 2. The lowest BCUT2D eigenvalue weighted by Gasteiger charge is -2.14. The average molecular weight is 483 g/mol. The zero-order valence-corrected chi connectivity index (χ0v) is 18.9. The van der Waals surface area contributed by atoms with Crippen LogP contribution in [0.25, 0.3) is 0 Å². The second-order valence-corrected chi connectivity index (χ2v) is 10.2. The van der Waals surface area contributed by atoms with Crippen LogP contribution in [0.3, 0.4) is 0 Å². The summed E-state index contributed by atoms with van der Waals surface area (Å²) in [5.74, 6) is 1.54. The van der Waals surface area contributed by atoms with E-state index in [4.69, 9.17) is 0 Å². The number of hydrogen-bond donors (Lipinski definition) is 2. The Hall–Kier alpha value is -2.79. The van der Waals surface area contributed by atoms with Gasteiger partial charge in [-0.15, -0.1) is 11.8 Å². The number of alkyl halides is 3. The molecule has 3 rings (SSSR count). The highest BCUT2D eigenvalue weighted by molar-refractivity contribution is 7.99. The molecule has 0 bridgehead atoms. The lowest BCUT2D eigenvalue weighted by atomic mass is 10.2. The number of benzene rings is 2. The summed E-state index contributed by atoms with van der Waals surface area (Å²) in [6.45, 7) is 3.57. The molecule has 0 radical (unpaired) electrons. The summed E-state index contributed by atoms with van der Waals surface area (Å²) in [7, 11) is -3.38. The molecule has 1 aromatic heterocycles. The van der Waals surface area contributed by atoms with Crippen LogP contribution in [-0.4, -0.2) is 29.9 Å². The standard InChI is InChI=1S/C21H21F3N4O2S2/c1-3-31-18-10-9-16(32(29,30)4-2)11-17(18)28-20-12-19(25-13-26-20)27-15-7-5-14(6-8-15)21(22,23)24/h5-13H,3-4H2,1-2H3,(H2,25,26,27,28). The van der Waals surface area contributed by atoms with Crippen LogP contribution in [0.1, 0.15) is 19.4 Å². The van der Waals surface area contributed by atoms with Gasteiger partial charge in [0.2, 0.25) is 0 Å². The minimum Gasteiger partial charge on any atom is -0.340 e. The van der Waals surface area contributed by atoms with E-state index in [1.165, 1.54) is 18.5 Å². The lowest BCUT2D eigenvalue weighted by Crippen LogP contribution is -2.05. The molecule has 2 N–H and O–H groups in total. The SMILES string of the molecule is CCSc1ccc(S(=O)(=O)CC)cc1Nc1cc(Nc2ccc(C(F)(F)F)cc2)ncn1. The van der Waals surface area contributed by atoms with Gasteiger partial charge in [-0.3, -0.25) is 0 Å². The Morgan fingerprint density at radius 1 is 0.938 bits per heavy atom. The Morgan fingerprint density at radius 3 is 2.19 bits per heavy atom. The number of nitrogens with one attached hydrogen (secondary N) is 2. The fraction of sp³-hybridized carbons (Fsp3) is 0.238. The minimum atomic E-state index is -4.40. The van der Waals surface area contributed by atoms with Crippen LogP contribution in [-0.2, 0) is 16.0 Å². The van der Waals surface area contributed by atoms with E-state index in [-0.39, 0.29) is 10.6 Å². The highest BCUT2D eigenvalue weighted by atomic mass is 32.2. The normalized spacial score (nSPS) is 11.9.